The number of benzene rings is 1. The van der Waals surface area contributed by atoms with Crippen molar-refractivity contribution in [3.8, 4) is 5.75 Å². The lowest BCUT2D eigenvalue weighted by molar-refractivity contribution is 0.389. The molecule has 3 rings (SSSR count). The second-order valence-corrected chi connectivity index (χ2v) is 16.0. The summed E-state index contributed by atoms with van der Waals surface area (Å²) in [6, 6.07) is 8.96. The maximum absolute atomic E-state index is 12.8. The second kappa shape index (κ2) is 25.6. The van der Waals surface area contributed by atoms with Gasteiger partial charge < -0.3 is 10.0 Å². The van der Waals surface area contributed by atoms with Gasteiger partial charge in [-0.15, -0.1) is 0 Å². The summed E-state index contributed by atoms with van der Waals surface area (Å²) in [5.74, 6) is -0.345. The molecule has 1 atom stereocenters. The van der Waals surface area contributed by atoms with Crippen LogP contribution >= 0.6 is 0 Å². The number of nitrogens with zero attached hydrogens (tertiary/aromatic N) is 1. The first-order valence-corrected chi connectivity index (χ1v) is 22.1. The summed E-state index contributed by atoms with van der Waals surface area (Å²) in [6.07, 6.45) is 40.4. The number of fused-ring (bicyclic) bond motifs is 1. The van der Waals surface area contributed by atoms with Crippen LogP contribution in [0.4, 0.5) is 5.69 Å². The second-order valence-electron chi connectivity index (χ2n) is 16.0. The summed E-state index contributed by atoms with van der Waals surface area (Å²) in [5.41, 5.74) is 2.56. The third kappa shape index (κ3) is 13.9. The van der Waals surface area contributed by atoms with Gasteiger partial charge in [0.15, 0.2) is 5.75 Å². The first kappa shape index (κ1) is 43.0. The molecule has 0 saturated carbocycles. The van der Waals surface area contributed by atoms with Gasteiger partial charge in [0, 0.05) is 23.3 Å². The topological polar surface area (TPSA) is 57.6 Å². The smallest absolute Gasteiger partial charge is 0.268 e. The zero-order valence-electron chi connectivity index (χ0n) is 33.5. The lowest BCUT2D eigenvalue weighted by atomic mass is 9.71. The van der Waals surface area contributed by atoms with E-state index in [-0.39, 0.29) is 16.7 Å². The van der Waals surface area contributed by atoms with E-state index in [0.717, 1.165) is 44.3 Å². The number of aromatic hydroxyl groups is 1. The van der Waals surface area contributed by atoms with Gasteiger partial charge in [0.2, 0.25) is 5.43 Å². The van der Waals surface area contributed by atoms with E-state index in [0.29, 0.717) is 0 Å². The third-order valence-electron chi connectivity index (χ3n) is 11.8. The number of hydrogen-bond acceptors (Lipinski definition) is 4. The van der Waals surface area contributed by atoms with Gasteiger partial charge in [-0.25, -0.2) is 0 Å². The Morgan fingerprint density at radius 1 is 0.529 bits per heavy atom. The van der Waals surface area contributed by atoms with Crippen LogP contribution in [0.3, 0.4) is 0 Å². The number of hydrogen-bond donors (Lipinski definition) is 1. The Bertz CT molecular complexity index is 1300. The van der Waals surface area contributed by atoms with E-state index >= 15 is 0 Å². The predicted molar refractivity (Wildman–Crippen MR) is 222 cm³/mol. The number of rotatable bonds is 32. The molecule has 0 saturated heterocycles. The van der Waals surface area contributed by atoms with Crippen LogP contribution in [0, 0.1) is 0 Å². The van der Waals surface area contributed by atoms with Gasteiger partial charge in [-0.3, -0.25) is 9.59 Å². The van der Waals surface area contributed by atoms with E-state index in [1.807, 2.05) is 6.08 Å². The van der Waals surface area contributed by atoms with Crippen LogP contribution in [0.2, 0.25) is 0 Å². The number of para-hydroxylation sites is 1. The Balaban J connectivity index is 1.77. The molecule has 288 valence electrons. The van der Waals surface area contributed by atoms with E-state index in [2.05, 4.69) is 49.9 Å². The Morgan fingerprint density at radius 3 is 1.35 bits per heavy atom. The fourth-order valence-corrected chi connectivity index (χ4v) is 8.65. The summed E-state index contributed by atoms with van der Waals surface area (Å²) in [4.78, 5) is 27.5. The molecule has 1 N–H and O–H groups in total. The molecule has 0 bridgehead atoms. The molecule has 0 aliphatic carbocycles. The maximum Gasteiger partial charge on any atom is 0.268 e. The number of unbranched alkanes of at least 4 members (excludes halogenated alkanes) is 25. The normalized spacial score (nSPS) is 16.5. The fraction of sp³-hybridized carbons (Fsp3) is 0.745. The SMILES string of the molecule is CCCCCCCCCCCCN1C(=Cc2c(O)c(=O)c2=O)C(CCCCCCCCCC)(CCCCCCCCCCCC)c2ccccc21. The van der Waals surface area contributed by atoms with Crippen molar-refractivity contribution in [1.29, 1.82) is 0 Å². The van der Waals surface area contributed by atoms with Gasteiger partial charge >= 0.3 is 0 Å². The van der Waals surface area contributed by atoms with Crippen molar-refractivity contribution in [2.75, 3.05) is 11.4 Å². The molecule has 0 aromatic heterocycles. The number of anilines is 1. The molecule has 1 heterocycles. The van der Waals surface area contributed by atoms with Gasteiger partial charge in [0.1, 0.15) is 0 Å². The Kier molecular flexibility index (Phi) is 21.6. The van der Waals surface area contributed by atoms with E-state index in [1.165, 1.54) is 172 Å². The summed E-state index contributed by atoms with van der Waals surface area (Å²) >= 11 is 0. The zero-order valence-corrected chi connectivity index (χ0v) is 33.5. The average molecular weight is 704 g/mol. The summed E-state index contributed by atoms with van der Waals surface area (Å²) < 4.78 is 0. The molecular weight excluding hydrogens is 627 g/mol. The quantitative estimate of drug-likeness (QED) is 0.0609. The number of allylic oxidation sites excluding steroid dienone is 1. The standard InChI is InChI=1S/C47H77NO3/c1-4-7-10-13-16-19-21-24-27-32-37-47(36-31-26-23-18-15-12-9-6-3)41-34-29-30-35-42(41)48(43(47)39-40-44(49)46(51)45(40)50)38-33-28-25-22-20-17-14-11-8-5-2/h29-30,34-35,39,49H,4-28,31-33,36-38H2,1-3H3. The minimum Gasteiger partial charge on any atom is -0.504 e. The molecule has 0 fully saturated rings. The predicted octanol–water partition coefficient (Wildman–Crippen LogP) is 13.8. The molecular formula is C47H77NO3. The minimum absolute atomic E-state index is 0.205. The zero-order chi connectivity index (χ0) is 36.6. The molecule has 2 aromatic rings. The molecule has 0 radical (unpaired) electrons. The van der Waals surface area contributed by atoms with E-state index in [4.69, 9.17) is 0 Å². The fourth-order valence-electron chi connectivity index (χ4n) is 8.65. The molecule has 51 heavy (non-hydrogen) atoms. The molecule has 0 amide bonds. The highest BCUT2D eigenvalue weighted by Crippen LogP contribution is 2.54. The molecule has 1 aliphatic rings. The summed E-state index contributed by atoms with van der Waals surface area (Å²) in [7, 11) is 0. The maximum atomic E-state index is 12.8. The first-order valence-electron chi connectivity index (χ1n) is 22.1. The Labute approximate surface area is 313 Å². The van der Waals surface area contributed by atoms with Gasteiger partial charge in [0.25, 0.3) is 5.43 Å². The van der Waals surface area contributed by atoms with Crippen molar-refractivity contribution in [3.05, 3.63) is 61.5 Å². The lowest BCUT2D eigenvalue weighted by Gasteiger charge is -2.35. The van der Waals surface area contributed by atoms with E-state index in [9.17, 15) is 14.7 Å². The summed E-state index contributed by atoms with van der Waals surface area (Å²) in [6.45, 7) is 7.75. The van der Waals surface area contributed by atoms with Crippen LogP contribution in [0.15, 0.2) is 39.6 Å². The van der Waals surface area contributed by atoms with Crippen molar-refractivity contribution in [3.63, 3.8) is 0 Å². The van der Waals surface area contributed by atoms with E-state index < -0.39 is 10.9 Å². The molecule has 4 heteroatoms. The van der Waals surface area contributed by atoms with Gasteiger partial charge in [-0.1, -0.05) is 212 Å². The highest BCUT2D eigenvalue weighted by Gasteiger charge is 2.46. The minimum atomic E-state index is -0.734. The van der Waals surface area contributed by atoms with Gasteiger partial charge in [-0.2, -0.15) is 0 Å². The Hall–Kier alpha value is -2.36. The molecule has 2 aromatic carbocycles. The lowest BCUT2D eigenvalue weighted by Crippen LogP contribution is -2.36. The third-order valence-corrected chi connectivity index (χ3v) is 11.8. The van der Waals surface area contributed by atoms with E-state index in [1.54, 1.807) is 0 Å². The Morgan fingerprint density at radius 2 is 0.922 bits per heavy atom. The van der Waals surface area contributed by atoms with Crippen LogP contribution in [-0.2, 0) is 5.41 Å². The molecule has 4 nitrogen and oxygen atoms in total. The van der Waals surface area contributed by atoms with Crippen molar-refractivity contribution in [2.24, 2.45) is 0 Å². The monoisotopic (exact) mass is 704 g/mol. The molecule has 0 spiro atoms. The van der Waals surface area contributed by atoms with Gasteiger partial charge in [-0.05, 0) is 37.0 Å². The summed E-state index contributed by atoms with van der Waals surface area (Å²) in [5, 5.41) is 10.6. The molecule has 1 unspecified atom stereocenters. The highest BCUT2D eigenvalue weighted by atomic mass is 16.3. The van der Waals surface area contributed by atoms with Crippen LogP contribution in [-0.4, -0.2) is 11.7 Å². The van der Waals surface area contributed by atoms with Crippen LogP contribution in [0.5, 0.6) is 5.75 Å². The van der Waals surface area contributed by atoms with Crippen molar-refractivity contribution in [1.82, 2.24) is 0 Å². The highest BCUT2D eigenvalue weighted by molar-refractivity contribution is 5.78. The van der Waals surface area contributed by atoms with Crippen molar-refractivity contribution in [2.45, 2.75) is 219 Å². The van der Waals surface area contributed by atoms with Gasteiger partial charge in [0.05, 0.1) is 5.56 Å². The van der Waals surface area contributed by atoms with Crippen molar-refractivity contribution < 1.29 is 5.11 Å². The average Bonchev–Trinajstić information content (AvgIpc) is 3.40. The largest absolute Gasteiger partial charge is 0.504 e. The molecule has 1 aliphatic heterocycles. The van der Waals surface area contributed by atoms with Crippen LogP contribution in [0.25, 0.3) is 6.08 Å². The van der Waals surface area contributed by atoms with Crippen molar-refractivity contribution >= 4 is 11.8 Å². The van der Waals surface area contributed by atoms with Crippen LogP contribution in [0.1, 0.15) is 225 Å². The van der Waals surface area contributed by atoms with Crippen LogP contribution < -0.4 is 15.8 Å². The first-order chi connectivity index (χ1) is 25.0.